The van der Waals surface area contributed by atoms with Crippen LogP contribution in [0.3, 0.4) is 0 Å². The first-order valence-electron chi connectivity index (χ1n) is 6.61. The van der Waals surface area contributed by atoms with Crippen LogP contribution in [0.5, 0.6) is 0 Å². The molecule has 102 valence electrons. The Kier molecular flexibility index (Phi) is 4.39. The lowest BCUT2D eigenvalue weighted by Gasteiger charge is -2.05. The first kappa shape index (κ1) is 13.4. The smallest absolute Gasteiger partial charge is 0.188 e. The minimum Gasteiger partial charge on any atom is -0.370 e. The summed E-state index contributed by atoms with van der Waals surface area (Å²) in [6.45, 7) is 5.74. The number of pyridine rings is 1. The van der Waals surface area contributed by atoms with Crippen molar-refractivity contribution < 1.29 is 0 Å². The van der Waals surface area contributed by atoms with Crippen molar-refractivity contribution in [2.45, 2.75) is 20.3 Å². The van der Waals surface area contributed by atoms with E-state index in [1.54, 1.807) is 0 Å². The van der Waals surface area contributed by atoms with Crippen LogP contribution >= 0.6 is 0 Å². The summed E-state index contributed by atoms with van der Waals surface area (Å²) in [6, 6.07) is 5.98. The van der Waals surface area contributed by atoms with Crippen molar-refractivity contribution >= 4 is 11.6 Å². The zero-order chi connectivity index (χ0) is 13.7. The summed E-state index contributed by atoms with van der Waals surface area (Å²) in [5, 5.41) is 3.11. The molecule has 0 aliphatic carbocycles. The molecule has 0 aromatic carbocycles. The standard InChI is InChI=1S/C14H21N5/c1-11(2)9-17-14(15)16-7-6-12-10-19-8-4-3-5-13(19)18-12/h3-5,8,10-11H,6-7,9H2,1-2H3,(H3,15,16,17). The van der Waals surface area contributed by atoms with Crippen LogP contribution < -0.4 is 11.1 Å². The van der Waals surface area contributed by atoms with Crippen molar-refractivity contribution in [3.8, 4) is 0 Å². The molecule has 5 nitrogen and oxygen atoms in total. The number of aromatic nitrogens is 2. The van der Waals surface area contributed by atoms with E-state index in [0.29, 0.717) is 11.9 Å². The number of nitrogens with one attached hydrogen (secondary N) is 1. The largest absolute Gasteiger partial charge is 0.370 e. The number of aliphatic imine (C=N–C) groups is 1. The fourth-order valence-electron chi connectivity index (χ4n) is 1.76. The average Bonchev–Trinajstić information content (AvgIpc) is 2.79. The van der Waals surface area contributed by atoms with Crippen LogP contribution in [-0.2, 0) is 6.42 Å². The summed E-state index contributed by atoms with van der Waals surface area (Å²) < 4.78 is 2.02. The van der Waals surface area contributed by atoms with E-state index in [9.17, 15) is 0 Å². The van der Waals surface area contributed by atoms with Crippen LogP contribution in [0.15, 0.2) is 35.6 Å². The summed E-state index contributed by atoms with van der Waals surface area (Å²) in [5.41, 5.74) is 7.80. The summed E-state index contributed by atoms with van der Waals surface area (Å²) in [5.74, 6) is 1.04. The Morgan fingerprint density at radius 1 is 1.47 bits per heavy atom. The highest BCUT2D eigenvalue weighted by atomic mass is 15.1. The van der Waals surface area contributed by atoms with E-state index in [2.05, 4.69) is 29.1 Å². The van der Waals surface area contributed by atoms with Crippen molar-refractivity contribution in [2.24, 2.45) is 16.6 Å². The highest BCUT2D eigenvalue weighted by molar-refractivity contribution is 5.77. The van der Waals surface area contributed by atoms with Gasteiger partial charge in [-0.2, -0.15) is 0 Å². The van der Waals surface area contributed by atoms with Crippen LogP contribution in [0.4, 0.5) is 0 Å². The minimum absolute atomic E-state index is 0.512. The highest BCUT2D eigenvalue weighted by Crippen LogP contribution is 2.04. The number of nitrogens with two attached hydrogens (primary N) is 1. The van der Waals surface area contributed by atoms with E-state index < -0.39 is 0 Å². The van der Waals surface area contributed by atoms with E-state index >= 15 is 0 Å². The maximum atomic E-state index is 5.77. The van der Waals surface area contributed by atoms with Crippen molar-refractivity contribution in [1.82, 2.24) is 14.7 Å². The molecule has 0 aliphatic heterocycles. The van der Waals surface area contributed by atoms with Crippen molar-refractivity contribution in [3.63, 3.8) is 0 Å². The fraction of sp³-hybridized carbons (Fsp3) is 0.429. The predicted octanol–water partition coefficient (Wildman–Crippen LogP) is 1.44. The topological polar surface area (TPSA) is 67.7 Å². The summed E-state index contributed by atoms with van der Waals surface area (Å²) in [7, 11) is 0. The molecule has 0 atom stereocenters. The zero-order valence-corrected chi connectivity index (χ0v) is 11.5. The Hall–Kier alpha value is -2.04. The molecule has 0 unspecified atom stereocenters. The molecular formula is C14H21N5. The molecule has 5 heteroatoms. The van der Waals surface area contributed by atoms with Gasteiger partial charge < -0.3 is 15.5 Å². The van der Waals surface area contributed by atoms with Gasteiger partial charge in [-0.15, -0.1) is 0 Å². The molecule has 0 saturated heterocycles. The fourth-order valence-corrected chi connectivity index (χ4v) is 1.76. The maximum Gasteiger partial charge on any atom is 0.188 e. The normalized spacial score (nSPS) is 12.3. The van der Waals surface area contributed by atoms with Gasteiger partial charge in [0.1, 0.15) is 5.65 Å². The third kappa shape index (κ3) is 3.98. The van der Waals surface area contributed by atoms with Crippen LogP contribution in [0, 0.1) is 5.92 Å². The van der Waals surface area contributed by atoms with Gasteiger partial charge in [0.05, 0.1) is 5.69 Å². The molecule has 0 spiro atoms. The lowest BCUT2D eigenvalue weighted by molar-refractivity contribution is 0.661. The van der Waals surface area contributed by atoms with Crippen molar-refractivity contribution in [3.05, 3.63) is 36.3 Å². The Labute approximate surface area is 113 Å². The molecule has 0 saturated carbocycles. The monoisotopic (exact) mass is 259 g/mol. The minimum atomic E-state index is 0.512. The third-order valence-electron chi connectivity index (χ3n) is 2.73. The molecule has 0 radical (unpaired) electrons. The summed E-state index contributed by atoms with van der Waals surface area (Å²) >= 11 is 0. The summed E-state index contributed by atoms with van der Waals surface area (Å²) in [6.07, 6.45) is 4.87. The first-order valence-corrected chi connectivity index (χ1v) is 6.61. The number of fused-ring (bicyclic) bond motifs is 1. The van der Waals surface area contributed by atoms with E-state index in [4.69, 9.17) is 5.73 Å². The molecule has 2 heterocycles. The molecule has 0 amide bonds. The van der Waals surface area contributed by atoms with Gasteiger partial charge in [0.25, 0.3) is 0 Å². The van der Waals surface area contributed by atoms with Crippen LogP contribution in [0.2, 0.25) is 0 Å². The van der Waals surface area contributed by atoms with Gasteiger partial charge in [-0.05, 0) is 18.1 Å². The number of hydrogen-bond acceptors (Lipinski definition) is 2. The van der Waals surface area contributed by atoms with Crippen LogP contribution in [-0.4, -0.2) is 28.4 Å². The number of rotatable bonds is 5. The molecule has 3 N–H and O–H groups in total. The van der Waals surface area contributed by atoms with E-state index in [0.717, 1.165) is 30.9 Å². The second-order valence-corrected chi connectivity index (χ2v) is 4.99. The van der Waals surface area contributed by atoms with Gasteiger partial charge >= 0.3 is 0 Å². The predicted molar refractivity (Wildman–Crippen MR) is 78.2 cm³/mol. The number of guanidine groups is 1. The van der Waals surface area contributed by atoms with Crippen molar-refractivity contribution in [1.29, 1.82) is 0 Å². The molecule has 0 bridgehead atoms. The van der Waals surface area contributed by atoms with Gasteiger partial charge in [0.15, 0.2) is 5.96 Å². The molecule has 19 heavy (non-hydrogen) atoms. The SMILES string of the molecule is CC(C)CN=C(N)NCCc1cn2ccccc2n1. The second-order valence-electron chi connectivity index (χ2n) is 4.99. The zero-order valence-electron chi connectivity index (χ0n) is 11.5. The second kappa shape index (κ2) is 6.22. The average molecular weight is 259 g/mol. The van der Waals surface area contributed by atoms with Crippen molar-refractivity contribution in [2.75, 3.05) is 13.1 Å². The van der Waals surface area contributed by atoms with Gasteiger partial charge in [-0.25, -0.2) is 4.98 Å². The molecule has 2 rings (SSSR count). The van der Waals surface area contributed by atoms with Crippen LogP contribution in [0.1, 0.15) is 19.5 Å². The van der Waals surface area contributed by atoms with E-state index in [-0.39, 0.29) is 0 Å². The molecule has 0 aliphatic rings. The van der Waals surface area contributed by atoms with E-state index in [1.165, 1.54) is 0 Å². The lowest BCUT2D eigenvalue weighted by Crippen LogP contribution is -2.33. The Bertz CT molecular complexity index is 523. The quantitative estimate of drug-likeness (QED) is 0.630. The van der Waals surface area contributed by atoms with Crippen LogP contribution in [0.25, 0.3) is 5.65 Å². The Morgan fingerprint density at radius 3 is 3.05 bits per heavy atom. The number of hydrogen-bond donors (Lipinski definition) is 2. The number of imidazole rings is 1. The Morgan fingerprint density at radius 2 is 2.32 bits per heavy atom. The Balaban J connectivity index is 1.84. The third-order valence-corrected chi connectivity index (χ3v) is 2.73. The first-order chi connectivity index (χ1) is 9.15. The molecule has 2 aromatic heterocycles. The highest BCUT2D eigenvalue weighted by Gasteiger charge is 2.01. The van der Waals surface area contributed by atoms with E-state index in [1.807, 2.05) is 35.0 Å². The lowest BCUT2D eigenvalue weighted by atomic mass is 10.2. The van der Waals surface area contributed by atoms with Gasteiger partial charge in [0.2, 0.25) is 0 Å². The van der Waals surface area contributed by atoms with Gasteiger partial charge in [-0.3, -0.25) is 4.99 Å². The molecular weight excluding hydrogens is 238 g/mol. The van der Waals surface area contributed by atoms with Gasteiger partial charge in [0, 0.05) is 31.9 Å². The molecule has 0 fully saturated rings. The van der Waals surface area contributed by atoms with Gasteiger partial charge in [-0.1, -0.05) is 19.9 Å². The molecule has 2 aromatic rings. The summed E-state index contributed by atoms with van der Waals surface area (Å²) in [4.78, 5) is 8.78. The maximum absolute atomic E-state index is 5.77. The number of nitrogens with zero attached hydrogens (tertiary/aromatic N) is 3.